The van der Waals surface area contributed by atoms with Gasteiger partial charge in [0, 0.05) is 24.3 Å². The Labute approximate surface area is 133 Å². The molecule has 0 bridgehead atoms. The molecule has 0 radical (unpaired) electrons. The fourth-order valence-corrected chi connectivity index (χ4v) is 3.84. The maximum Gasteiger partial charge on any atom is 0.123 e. The normalized spacial score (nSPS) is 25.5. The van der Waals surface area contributed by atoms with Crippen LogP contribution in [0, 0.1) is 5.82 Å². The summed E-state index contributed by atoms with van der Waals surface area (Å²) in [6.45, 7) is 1.01. The zero-order valence-electron chi connectivity index (χ0n) is 12.7. The maximum absolute atomic E-state index is 13.4. The predicted octanol–water partition coefficient (Wildman–Crippen LogP) is 2.92. The number of likely N-dealkylation sites (N-methyl/N-ethyl adjacent to an activating group) is 1. The highest BCUT2D eigenvalue weighted by Crippen LogP contribution is 2.26. The first-order chi connectivity index (χ1) is 10.5. The Hall–Kier alpha value is -1.28. The highest BCUT2D eigenvalue weighted by atomic mass is 31.0. The zero-order chi connectivity index (χ0) is 15.7. The van der Waals surface area contributed by atoms with E-state index in [4.69, 9.17) is 5.73 Å². The van der Waals surface area contributed by atoms with Gasteiger partial charge in [0.1, 0.15) is 5.82 Å². The Kier molecular flexibility index (Phi) is 4.58. The molecule has 1 fully saturated rings. The molecular formula is C18H22FN2P. The van der Waals surface area contributed by atoms with E-state index in [9.17, 15) is 4.39 Å². The molecular weight excluding hydrogens is 294 g/mol. The van der Waals surface area contributed by atoms with E-state index in [-0.39, 0.29) is 11.9 Å². The molecule has 4 heteroatoms. The molecule has 2 N–H and O–H groups in total. The second kappa shape index (κ2) is 6.45. The van der Waals surface area contributed by atoms with Gasteiger partial charge in [-0.3, -0.25) is 0 Å². The minimum absolute atomic E-state index is 0.174. The lowest BCUT2D eigenvalue weighted by atomic mass is 9.97. The Morgan fingerprint density at radius 2 is 1.86 bits per heavy atom. The van der Waals surface area contributed by atoms with E-state index in [2.05, 4.69) is 33.3 Å². The number of hydrogen-bond acceptors (Lipinski definition) is 2. The molecule has 1 aliphatic rings. The first kappa shape index (κ1) is 15.6. The number of benzene rings is 2. The van der Waals surface area contributed by atoms with E-state index in [1.54, 1.807) is 12.1 Å². The maximum atomic E-state index is 13.4. The van der Waals surface area contributed by atoms with Crippen molar-refractivity contribution in [1.29, 1.82) is 0 Å². The molecule has 2 aromatic rings. The SMILES string of the molecule is CN1CC(P)C(N)C1Cc1cccc(-c2cccc(F)c2)c1. The Morgan fingerprint density at radius 3 is 2.50 bits per heavy atom. The number of halogens is 1. The third-order valence-electron chi connectivity index (χ3n) is 4.53. The van der Waals surface area contributed by atoms with E-state index < -0.39 is 0 Å². The molecule has 1 heterocycles. The van der Waals surface area contributed by atoms with Crippen molar-refractivity contribution in [2.75, 3.05) is 13.6 Å². The molecule has 0 aromatic heterocycles. The molecule has 2 aromatic carbocycles. The van der Waals surface area contributed by atoms with Crippen molar-refractivity contribution >= 4 is 9.24 Å². The summed E-state index contributed by atoms with van der Waals surface area (Å²) in [5, 5.41) is 0. The Balaban J connectivity index is 1.83. The van der Waals surface area contributed by atoms with Crippen molar-refractivity contribution in [3.63, 3.8) is 0 Å². The van der Waals surface area contributed by atoms with Crippen molar-refractivity contribution in [3.05, 3.63) is 59.9 Å². The molecule has 3 rings (SSSR count). The van der Waals surface area contributed by atoms with Crippen LogP contribution in [0.2, 0.25) is 0 Å². The van der Waals surface area contributed by atoms with Gasteiger partial charge in [-0.15, -0.1) is 9.24 Å². The van der Waals surface area contributed by atoms with E-state index in [1.807, 2.05) is 18.2 Å². The van der Waals surface area contributed by atoms with Crippen molar-refractivity contribution in [2.24, 2.45) is 5.73 Å². The highest BCUT2D eigenvalue weighted by Gasteiger charge is 2.34. The number of likely N-dealkylation sites (tertiary alicyclic amines) is 1. The lowest BCUT2D eigenvalue weighted by Crippen LogP contribution is -2.41. The van der Waals surface area contributed by atoms with E-state index >= 15 is 0 Å². The Morgan fingerprint density at radius 1 is 1.18 bits per heavy atom. The van der Waals surface area contributed by atoms with Crippen molar-refractivity contribution in [2.45, 2.75) is 24.2 Å². The molecule has 0 amide bonds. The van der Waals surface area contributed by atoms with Crippen LogP contribution in [0.15, 0.2) is 48.5 Å². The fourth-order valence-electron chi connectivity index (χ4n) is 3.25. The first-order valence-electron chi connectivity index (χ1n) is 7.61. The van der Waals surface area contributed by atoms with Crippen LogP contribution >= 0.6 is 9.24 Å². The second-order valence-corrected chi connectivity index (χ2v) is 7.02. The van der Waals surface area contributed by atoms with E-state index in [0.29, 0.717) is 11.7 Å². The molecule has 0 saturated carbocycles. The molecule has 0 spiro atoms. The molecule has 116 valence electrons. The summed E-state index contributed by atoms with van der Waals surface area (Å²) in [4.78, 5) is 2.33. The zero-order valence-corrected chi connectivity index (χ0v) is 13.9. The van der Waals surface area contributed by atoms with Gasteiger partial charge in [-0.05, 0) is 42.3 Å². The number of nitrogens with zero attached hydrogens (tertiary/aromatic N) is 1. The van der Waals surface area contributed by atoms with Gasteiger partial charge in [-0.2, -0.15) is 0 Å². The van der Waals surface area contributed by atoms with Crippen LogP contribution < -0.4 is 5.73 Å². The monoisotopic (exact) mass is 316 g/mol. The minimum Gasteiger partial charge on any atom is -0.326 e. The number of rotatable bonds is 3. The van der Waals surface area contributed by atoms with Gasteiger partial charge in [0.2, 0.25) is 0 Å². The minimum atomic E-state index is -0.202. The van der Waals surface area contributed by atoms with Gasteiger partial charge < -0.3 is 10.6 Å². The third kappa shape index (κ3) is 3.22. The lowest BCUT2D eigenvalue weighted by molar-refractivity contribution is 0.296. The average molecular weight is 316 g/mol. The summed E-state index contributed by atoms with van der Waals surface area (Å²) >= 11 is 0. The first-order valence-corrected chi connectivity index (χ1v) is 8.27. The van der Waals surface area contributed by atoms with Crippen molar-refractivity contribution < 1.29 is 4.39 Å². The fraction of sp³-hybridized carbons (Fsp3) is 0.333. The summed E-state index contributed by atoms with van der Waals surface area (Å²) in [7, 11) is 4.98. The molecule has 22 heavy (non-hydrogen) atoms. The van der Waals surface area contributed by atoms with E-state index in [1.165, 1.54) is 11.6 Å². The summed E-state index contributed by atoms with van der Waals surface area (Å²) < 4.78 is 13.4. The van der Waals surface area contributed by atoms with Gasteiger partial charge in [-0.25, -0.2) is 4.39 Å². The van der Waals surface area contributed by atoms with Crippen LogP contribution in [0.25, 0.3) is 11.1 Å². The molecule has 4 unspecified atom stereocenters. The summed E-state index contributed by atoms with van der Waals surface area (Å²) in [5.74, 6) is -0.202. The average Bonchev–Trinajstić information content (AvgIpc) is 2.74. The van der Waals surface area contributed by atoms with Gasteiger partial charge >= 0.3 is 0 Å². The standard InChI is InChI=1S/C18H22FN2P/c1-21-11-17(22)18(20)16(21)9-12-4-2-5-13(8-12)14-6-3-7-15(19)10-14/h2-8,10,16-18H,9,11,20,22H2,1H3. The topological polar surface area (TPSA) is 29.3 Å². The number of hydrogen-bond donors (Lipinski definition) is 1. The third-order valence-corrected chi connectivity index (χ3v) is 5.19. The predicted molar refractivity (Wildman–Crippen MR) is 93.4 cm³/mol. The Bertz CT molecular complexity index is 661. The van der Waals surface area contributed by atoms with Gasteiger partial charge in [0.25, 0.3) is 0 Å². The molecule has 2 nitrogen and oxygen atoms in total. The van der Waals surface area contributed by atoms with Crippen LogP contribution in [0.1, 0.15) is 5.56 Å². The molecule has 0 aliphatic carbocycles. The van der Waals surface area contributed by atoms with Crippen LogP contribution in [-0.4, -0.2) is 36.2 Å². The summed E-state index contributed by atoms with van der Waals surface area (Å²) in [6, 6.07) is 15.6. The largest absolute Gasteiger partial charge is 0.326 e. The van der Waals surface area contributed by atoms with E-state index in [0.717, 1.165) is 24.1 Å². The van der Waals surface area contributed by atoms with Crippen molar-refractivity contribution in [3.8, 4) is 11.1 Å². The van der Waals surface area contributed by atoms with Gasteiger partial charge in [-0.1, -0.05) is 36.4 Å². The lowest BCUT2D eigenvalue weighted by Gasteiger charge is -2.23. The summed E-state index contributed by atoms with van der Waals surface area (Å²) in [6.07, 6.45) is 0.922. The molecule has 1 saturated heterocycles. The van der Waals surface area contributed by atoms with Gasteiger partial charge in [0.05, 0.1) is 0 Å². The van der Waals surface area contributed by atoms with Crippen LogP contribution in [0.4, 0.5) is 4.39 Å². The molecule has 4 atom stereocenters. The summed E-state index contributed by atoms with van der Waals surface area (Å²) in [5.41, 5.74) is 9.97. The second-order valence-electron chi connectivity index (χ2n) is 6.16. The highest BCUT2D eigenvalue weighted by molar-refractivity contribution is 7.17. The molecule has 1 aliphatic heterocycles. The van der Waals surface area contributed by atoms with Crippen LogP contribution in [-0.2, 0) is 6.42 Å². The quantitative estimate of drug-likeness (QED) is 0.882. The van der Waals surface area contributed by atoms with Crippen molar-refractivity contribution in [1.82, 2.24) is 4.90 Å². The number of nitrogens with two attached hydrogens (primary N) is 1. The smallest absolute Gasteiger partial charge is 0.123 e. The van der Waals surface area contributed by atoms with Crippen LogP contribution in [0.3, 0.4) is 0 Å². The van der Waals surface area contributed by atoms with Crippen LogP contribution in [0.5, 0.6) is 0 Å². The van der Waals surface area contributed by atoms with Gasteiger partial charge in [0.15, 0.2) is 0 Å².